The van der Waals surface area contributed by atoms with Crippen LogP contribution in [0.15, 0.2) is 18.2 Å². The number of carbonyl (C=O) groups excluding carboxylic acids is 1. The number of aromatic nitrogens is 1. The zero-order valence-electron chi connectivity index (χ0n) is 11.4. The van der Waals surface area contributed by atoms with Crippen molar-refractivity contribution >= 4 is 16.8 Å². The Labute approximate surface area is 108 Å². The molecule has 2 aromatic rings. The van der Waals surface area contributed by atoms with Crippen LogP contribution >= 0.6 is 0 Å². The lowest BCUT2D eigenvalue weighted by Gasteiger charge is -2.09. The van der Waals surface area contributed by atoms with Crippen molar-refractivity contribution in [1.29, 1.82) is 0 Å². The number of hydrogen-bond donors (Lipinski definition) is 2. The average molecular weight is 244 g/mol. The third kappa shape index (κ3) is 2.40. The molecule has 0 bridgehead atoms. The highest BCUT2D eigenvalue weighted by Crippen LogP contribution is 2.21. The van der Waals surface area contributed by atoms with E-state index in [-0.39, 0.29) is 11.9 Å². The molecule has 1 atom stereocenters. The van der Waals surface area contributed by atoms with E-state index in [1.807, 2.05) is 13.0 Å². The average Bonchev–Trinajstić information content (AvgIpc) is 2.72. The lowest BCUT2D eigenvalue weighted by molar-refractivity contribution is 0.0935. The first-order chi connectivity index (χ1) is 8.51. The molecule has 18 heavy (non-hydrogen) atoms. The summed E-state index contributed by atoms with van der Waals surface area (Å²) in [4.78, 5) is 15.2. The number of rotatable bonds is 3. The first-order valence-electron chi connectivity index (χ1n) is 6.42. The minimum atomic E-state index is -0.0300. The van der Waals surface area contributed by atoms with E-state index in [2.05, 4.69) is 43.2 Å². The lowest BCUT2D eigenvalue weighted by Crippen LogP contribution is -2.32. The van der Waals surface area contributed by atoms with Crippen LogP contribution in [0.5, 0.6) is 0 Å². The van der Waals surface area contributed by atoms with Gasteiger partial charge in [-0.15, -0.1) is 0 Å². The van der Waals surface area contributed by atoms with E-state index in [4.69, 9.17) is 0 Å². The summed E-state index contributed by atoms with van der Waals surface area (Å²) in [6, 6.07) is 6.34. The van der Waals surface area contributed by atoms with E-state index >= 15 is 0 Å². The number of benzene rings is 1. The molecule has 0 spiro atoms. The van der Waals surface area contributed by atoms with E-state index < -0.39 is 0 Å². The van der Waals surface area contributed by atoms with Crippen LogP contribution < -0.4 is 5.32 Å². The number of H-pyrrole nitrogens is 1. The molecule has 0 saturated carbocycles. The van der Waals surface area contributed by atoms with E-state index in [0.29, 0.717) is 5.69 Å². The number of hydrogen-bond acceptors (Lipinski definition) is 1. The van der Waals surface area contributed by atoms with Crippen molar-refractivity contribution in [2.75, 3.05) is 0 Å². The highest BCUT2D eigenvalue weighted by Gasteiger charge is 2.12. The first-order valence-corrected chi connectivity index (χ1v) is 6.42. The molecule has 0 aliphatic heterocycles. The quantitative estimate of drug-likeness (QED) is 0.854. The Hall–Kier alpha value is -1.77. The third-order valence-corrected chi connectivity index (χ3v) is 3.32. The Kier molecular flexibility index (Phi) is 3.41. The van der Waals surface area contributed by atoms with E-state index in [0.717, 1.165) is 17.3 Å². The molecule has 2 rings (SSSR count). The van der Waals surface area contributed by atoms with Gasteiger partial charge in [-0.1, -0.05) is 13.0 Å². The molecule has 0 aliphatic carbocycles. The van der Waals surface area contributed by atoms with Gasteiger partial charge in [-0.05, 0) is 50.5 Å². The molecule has 0 radical (unpaired) electrons. The molecule has 3 heteroatoms. The zero-order chi connectivity index (χ0) is 13.3. The highest BCUT2D eigenvalue weighted by molar-refractivity contribution is 5.99. The molecule has 1 unspecified atom stereocenters. The van der Waals surface area contributed by atoms with Gasteiger partial charge in [-0.25, -0.2) is 0 Å². The number of amides is 1. The van der Waals surface area contributed by atoms with Crippen molar-refractivity contribution in [1.82, 2.24) is 10.3 Å². The van der Waals surface area contributed by atoms with Gasteiger partial charge in [0.15, 0.2) is 0 Å². The van der Waals surface area contributed by atoms with Gasteiger partial charge in [0.2, 0.25) is 0 Å². The molecule has 3 nitrogen and oxygen atoms in total. The second-order valence-corrected chi connectivity index (χ2v) is 5.01. The smallest absolute Gasteiger partial charge is 0.267 e. The van der Waals surface area contributed by atoms with Gasteiger partial charge in [-0.2, -0.15) is 0 Å². The summed E-state index contributed by atoms with van der Waals surface area (Å²) in [6.07, 6.45) is 0.935. The number of nitrogens with one attached hydrogen (secondary N) is 2. The predicted octanol–water partition coefficient (Wildman–Crippen LogP) is 3.31. The maximum atomic E-state index is 12.0. The van der Waals surface area contributed by atoms with Crippen LogP contribution in [0.1, 0.15) is 41.9 Å². The van der Waals surface area contributed by atoms with Crippen molar-refractivity contribution < 1.29 is 4.79 Å². The molecule has 1 heterocycles. The van der Waals surface area contributed by atoms with Crippen LogP contribution in [0.3, 0.4) is 0 Å². The molecule has 1 aromatic heterocycles. The van der Waals surface area contributed by atoms with E-state index in [9.17, 15) is 4.79 Å². The number of fused-ring (bicyclic) bond motifs is 1. The minimum Gasteiger partial charge on any atom is -0.351 e. The van der Waals surface area contributed by atoms with Crippen molar-refractivity contribution in [3.8, 4) is 0 Å². The molecule has 0 aliphatic rings. The van der Waals surface area contributed by atoms with E-state index in [1.54, 1.807) is 0 Å². The van der Waals surface area contributed by atoms with E-state index in [1.165, 1.54) is 11.1 Å². The number of carbonyl (C=O) groups is 1. The third-order valence-electron chi connectivity index (χ3n) is 3.32. The van der Waals surface area contributed by atoms with Gasteiger partial charge in [0, 0.05) is 16.9 Å². The van der Waals surface area contributed by atoms with Gasteiger partial charge >= 0.3 is 0 Å². The van der Waals surface area contributed by atoms with Crippen molar-refractivity contribution in [2.24, 2.45) is 0 Å². The molecule has 2 N–H and O–H groups in total. The Morgan fingerprint density at radius 3 is 2.72 bits per heavy atom. The fraction of sp³-hybridized carbons (Fsp3) is 0.400. The molecule has 0 fully saturated rings. The van der Waals surface area contributed by atoms with Gasteiger partial charge in [-0.3, -0.25) is 4.79 Å². The fourth-order valence-corrected chi connectivity index (χ4v) is 2.13. The van der Waals surface area contributed by atoms with Crippen LogP contribution in [-0.2, 0) is 0 Å². The van der Waals surface area contributed by atoms with Crippen molar-refractivity contribution in [3.05, 3.63) is 35.0 Å². The standard InChI is InChI=1S/C15H20N2O/c1-5-11(4)16-15(18)14-8-12-10(3)6-9(2)7-13(12)17-14/h6-8,11,17H,5H2,1-4H3,(H,16,18). The monoisotopic (exact) mass is 244 g/mol. The Bertz CT molecular complexity index is 583. The number of aryl methyl sites for hydroxylation is 2. The van der Waals surface area contributed by atoms with Crippen LogP contribution in [0.25, 0.3) is 10.9 Å². The second-order valence-electron chi connectivity index (χ2n) is 5.01. The summed E-state index contributed by atoms with van der Waals surface area (Å²) in [5, 5.41) is 4.09. The van der Waals surface area contributed by atoms with Crippen LogP contribution in [-0.4, -0.2) is 16.9 Å². The highest BCUT2D eigenvalue weighted by atomic mass is 16.1. The second kappa shape index (κ2) is 4.84. The van der Waals surface area contributed by atoms with Crippen molar-refractivity contribution in [3.63, 3.8) is 0 Å². The summed E-state index contributed by atoms with van der Waals surface area (Å²) in [5.74, 6) is -0.0300. The Morgan fingerprint density at radius 2 is 2.06 bits per heavy atom. The molecular formula is C15H20N2O. The topological polar surface area (TPSA) is 44.9 Å². The van der Waals surface area contributed by atoms with Gasteiger partial charge in [0.25, 0.3) is 5.91 Å². The van der Waals surface area contributed by atoms with Crippen molar-refractivity contribution in [2.45, 2.75) is 40.2 Å². The van der Waals surface area contributed by atoms with Crippen LogP contribution in [0.4, 0.5) is 0 Å². The predicted molar refractivity (Wildman–Crippen MR) is 75.0 cm³/mol. The molecule has 1 amide bonds. The van der Waals surface area contributed by atoms with Gasteiger partial charge < -0.3 is 10.3 Å². The molecule has 96 valence electrons. The van der Waals surface area contributed by atoms with Crippen LogP contribution in [0.2, 0.25) is 0 Å². The maximum absolute atomic E-state index is 12.0. The van der Waals surface area contributed by atoms with Crippen LogP contribution in [0, 0.1) is 13.8 Å². The Morgan fingerprint density at radius 1 is 1.33 bits per heavy atom. The largest absolute Gasteiger partial charge is 0.351 e. The zero-order valence-corrected chi connectivity index (χ0v) is 11.4. The molecule has 0 saturated heterocycles. The summed E-state index contributed by atoms with van der Waals surface area (Å²) < 4.78 is 0. The Balaban J connectivity index is 2.35. The first kappa shape index (κ1) is 12.7. The summed E-state index contributed by atoms with van der Waals surface area (Å²) >= 11 is 0. The lowest BCUT2D eigenvalue weighted by atomic mass is 10.1. The SMILES string of the molecule is CCC(C)NC(=O)c1cc2c(C)cc(C)cc2[nH]1. The maximum Gasteiger partial charge on any atom is 0.267 e. The number of aromatic amines is 1. The molecule has 1 aromatic carbocycles. The summed E-state index contributed by atoms with van der Waals surface area (Å²) in [5.41, 5.74) is 4.07. The molecular weight excluding hydrogens is 224 g/mol. The normalized spacial score (nSPS) is 12.7. The summed E-state index contributed by atoms with van der Waals surface area (Å²) in [6.45, 7) is 8.20. The minimum absolute atomic E-state index is 0.0300. The fourth-order valence-electron chi connectivity index (χ4n) is 2.13. The summed E-state index contributed by atoms with van der Waals surface area (Å²) in [7, 11) is 0. The van der Waals surface area contributed by atoms with Gasteiger partial charge in [0.1, 0.15) is 5.69 Å². The van der Waals surface area contributed by atoms with Gasteiger partial charge in [0.05, 0.1) is 0 Å².